The van der Waals surface area contributed by atoms with Gasteiger partial charge in [0.25, 0.3) is 0 Å². The average Bonchev–Trinajstić information content (AvgIpc) is 2.42. The molecule has 23 heavy (non-hydrogen) atoms. The molecular weight excluding hydrogens is 387 g/mol. The smallest absolute Gasteiger partial charge is 0.550 e. The van der Waals surface area contributed by atoms with Crippen LogP contribution in [0, 0.1) is 0 Å². The Labute approximate surface area is 156 Å². The predicted molar refractivity (Wildman–Crippen MR) is 75.4 cm³/mol. The molecule has 0 amide bonds. The van der Waals surface area contributed by atoms with E-state index in [2.05, 4.69) is 0 Å². The molecule has 134 valence electrons. The molecular formula is C14H26O8Zr. The van der Waals surface area contributed by atoms with E-state index < -0.39 is 24.8 Å². The summed E-state index contributed by atoms with van der Waals surface area (Å²) in [6, 6.07) is 0. The molecule has 0 saturated carbocycles. The molecule has 0 fully saturated rings. The summed E-state index contributed by atoms with van der Waals surface area (Å²) in [5, 5.41) is 33.5. The van der Waals surface area contributed by atoms with Crippen LogP contribution in [0.25, 0.3) is 0 Å². The number of Topliss-reactive ketones (excluding diaryl/α,β-unsaturated/α-hetero) is 2. The quantitative estimate of drug-likeness (QED) is 0.442. The van der Waals surface area contributed by atoms with Gasteiger partial charge in [0.1, 0.15) is 11.6 Å². The molecule has 8 nitrogen and oxygen atoms in total. The minimum Gasteiger partial charge on any atom is -0.550 e. The van der Waals surface area contributed by atoms with Crippen molar-refractivity contribution >= 4 is 23.5 Å². The van der Waals surface area contributed by atoms with Crippen LogP contribution in [0.15, 0.2) is 0 Å². The zero-order chi connectivity index (χ0) is 18.6. The Balaban J connectivity index is -0.0000000743. The molecule has 0 aromatic carbocycles. The fourth-order valence-electron chi connectivity index (χ4n) is 1.06. The molecule has 0 atom stereocenters. The maximum atomic E-state index is 10.4. The first-order chi connectivity index (χ1) is 10.3. The Morgan fingerprint density at radius 1 is 0.696 bits per heavy atom. The first-order valence-electron chi connectivity index (χ1n) is 6.65. The third-order valence-electron chi connectivity index (χ3n) is 1.74. The second-order valence-corrected chi connectivity index (χ2v) is 3.67. The molecule has 0 bridgehead atoms. The Hall–Kier alpha value is -0.917. The molecule has 0 aromatic heterocycles. The van der Waals surface area contributed by atoms with Crippen molar-refractivity contribution in [1.82, 2.24) is 0 Å². The van der Waals surface area contributed by atoms with Gasteiger partial charge in [-0.2, -0.15) is 0 Å². The van der Waals surface area contributed by atoms with Gasteiger partial charge in [-0.1, -0.05) is 13.8 Å². The van der Waals surface area contributed by atoms with E-state index in [4.69, 9.17) is 10.2 Å². The van der Waals surface area contributed by atoms with Gasteiger partial charge in [-0.25, -0.2) is 0 Å². The van der Waals surface area contributed by atoms with Crippen molar-refractivity contribution in [2.45, 2.75) is 52.4 Å². The molecule has 0 aliphatic heterocycles. The SMILES string of the molecule is CCCC(=O)CC(=O)[O-].CCCC(=O)CC(=O)[O-].CO.CO.[Zr+2]. The predicted octanol–water partition coefficient (Wildman–Crippen LogP) is -1.79. The monoisotopic (exact) mass is 412 g/mol. The van der Waals surface area contributed by atoms with Crippen molar-refractivity contribution < 1.29 is 65.8 Å². The van der Waals surface area contributed by atoms with Crippen LogP contribution in [0.5, 0.6) is 0 Å². The van der Waals surface area contributed by atoms with Crippen LogP contribution in [0.3, 0.4) is 0 Å². The Morgan fingerprint density at radius 2 is 0.913 bits per heavy atom. The van der Waals surface area contributed by atoms with Crippen LogP contribution < -0.4 is 10.2 Å². The molecule has 9 heteroatoms. The van der Waals surface area contributed by atoms with E-state index in [-0.39, 0.29) is 37.8 Å². The molecule has 0 aliphatic rings. The molecule has 0 radical (unpaired) electrons. The summed E-state index contributed by atoms with van der Waals surface area (Å²) in [5.74, 6) is -3.07. The van der Waals surface area contributed by atoms with Crippen LogP contribution in [0.4, 0.5) is 0 Å². The van der Waals surface area contributed by atoms with Crippen molar-refractivity contribution in [3.63, 3.8) is 0 Å². The van der Waals surface area contributed by atoms with Gasteiger partial charge in [0.2, 0.25) is 0 Å². The van der Waals surface area contributed by atoms with E-state index in [0.29, 0.717) is 25.7 Å². The number of aliphatic hydroxyl groups is 2. The Kier molecular flexibility index (Phi) is 42.6. The number of rotatable bonds is 8. The zero-order valence-electron chi connectivity index (χ0n) is 14.1. The van der Waals surface area contributed by atoms with Crippen molar-refractivity contribution in [3.8, 4) is 0 Å². The largest absolute Gasteiger partial charge is 2.00 e. The van der Waals surface area contributed by atoms with E-state index >= 15 is 0 Å². The average molecular weight is 414 g/mol. The molecule has 2 N–H and O–H groups in total. The molecule has 0 unspecified atom stereocenters. The summed E-state index contributed by atoms with van der Waals surface area (Å²) in [6.45, 7) is 3.65. The Morgan fingerprint density at radius 3 is 1.04 bits per heavy atom. The minimum atomic E-state index is -1.28. The van der Waals surface area contributed by atoms with Gasteiger partial charge in [-0.3, -0.25) is 9.59 Å². The van der Waals surface area contributed by atoms with E-state index in [1.807, 2.05) is 13.8 Å². The van der Waals surface area contributed by atoms with Gasteiger partial charge in [0, 0.05) is 51.8 Å². The van der Waals surface area contributed by atoms with Gasteiger partial charge in [-0.15, -0.1) is 0 Å². The van der Waals surface area contributed by atoms with Crippen molar-refractivity contribution in [2.75, 3.05) is 14.2 Å². The zero-order valence-corrected chi connectivity index (χ0v) is 16.5. The van der Waals surface area contributed by atoms with E-state index in [9.17, 15) is 29.4 Å². The second kappa shape index (κ2) is 29.1. The number of ketones is 2. The summed E-state index contributed by atoms with van der Waals surface area (Å²) in [7, 11) is 2.00. The first-order valence-corrected chi connectivity index (χ1v) is 6.65. The standard InChI is InChI=1S/2C6H10O3.2CH4O.Zr/c2*1-2-3-5(7)4-6(8)9;2*1-2;/h2*2-4H2,1H3,(H,8,9);2*2H,1H3;/q;;;;+2/p-2. The van der Waals surface area contributed by atoms with Gasteiger partial charge in [-0.05, 0) is 12.8 Å². The molecule has 0 aromatic rings. The third-order valence-corrected chi connectivity index (χ3v) is 1.74. The number of carbonyl (C=O) groups is 4. The fourth-order valence-corrected chi connectivity index (χ4v) is 1.06. The summed E-state index contributed by atoms with van der Waals surface area (Å²) < 4.78 is 0. The summed E-state index contributed by atoms with van der Waals surface area (Å²) >= 11 is 0. The van der Waals surface area contributed by atoms with Gasteiger partial charge < -0.3 is 30.0 Å². The van der Waals surface area contributed by atoms with E-state index in [1.165, 1.54) is 0 Å². The minimum absolute atomic E-state index is 0. The third kappa shape index (κ3) is 44.9. The number of hydrogen-bond donors (Lipinski definition) is 2. The molecule has 0 spiro atoms. The summed E-state index contributed by atoms with van der Waals surface area (Å²) in [5.41, 5.74) is 0. The van der Waals surface area contributed by atoms with Crippen molar-refractivity contribution in [1.29, 1.82) is 0 Å². The van der Waals surface area contributed by atoms with Crippen LogP contribution in [0.1, 0.15) is 52.4 Å². The number of carbonyl (C=O) groups excluding carboxylic acids is 4. The maximum absolute atomic E-state index is 10.4. The molecule has 0 rings (SSSR count). The topological polar surface area (TPSA) is 155 Å². The number of carboxylic acids is 2. The normalized spacial score (nSPS) is 7.57. The van der Waals surface area contributed by atoms with Gasteiger partial charge in [0.05, 0.1) is 0 Å². The summed E-state index contributed by atoms with van der Waals surface area (Å²) in [6.07, 6.45) is 1.21. The second-order valence-electron chi connectivity index (χ2n) is 3.67. The van der Waals surface area contributed by atoms with Crippen LogP contribution in [-0.4, -0.2) is 47.9 Å². The van der Waals surface area contributed by atoms with E-state index in [0.717, 1.165) is 14.2 Å². The Bertz CT molecular complexity index is 275. The van der Waals surface area contributed by atoms with Crippen LogP contribution in [-0.2, 0) is 45.4 Å². The fraction of sp³-hybridized carbons (Fsp3) is 0.714. The van der Waals surface area contributed by atoms with E-state index in [1.54, 1.807) is 0 Å². The summed E-state index contributed by atoms with van der Waals surface area (Å²) in [4.78, 5) is 40.4. The van der Waals surface area contributed by atoms with Crippen molar-refractivity contribution in [3.05, 3.63) is 0 Å². The first kappa shape index (κ1) is 33.6. The van der Waals surface area contributed by atoms with Gasteiger partial charge >= 0.3 is 26.2 Å². The van der Waals surface area contributed by atoms with Gasteiger partial charge in [0.15, 0.2) is 0 Å². The van der Waals surface area contributed by atoms with Crippen molar-refractivity contribution in [2.24, 2.45) is 0 Å². The number of aliphatic hydroxyl groups excluding tert-OH is 2. The maximum Gasteiger partial charge on any atom is 2.00 e. The van der Waals surface area contributed by atoms with Crippen LogP contribution >= 0.6 is 0 Å². The van der Waals surface area contributed by atoms with Crippen LogP contribution in [0.2, 0.25) is 0 Å². The number of carboxylic acid groups (broad SMARTS) is 2. The number of aliphatic carboxylic acids is 2. The molecule has 0 saturated heterocycles. The molecule has 0 aliphatic carbocycles. The number of hydrogen-bond acceptors (Lipinski definition) is 8. The molecule has 0 heterocycles.